The second-order valence-electron chi connectivity index (χ2n) is 8.39. The molecule has 2 fully saturated rings. The second-order valence-corrected chi connectivity index (χ2v) is 8.39. The first kappa shape index (κ1) is 21.6. The standard InChI is InChI=1S/C25H26N2O5/c1-16(2)21(24(29)30)26-19(14-13-17-9-5-3-6-10-17)22(23(26)28)27-20(15-32-25(27)31)18-11-7-4-8-12-18/h3-14,16,19-22H,15H2,1-2H3,(H,29,30)/t19?,20-,21?,22+/m1/s1. The van der Waals surface area contributed by atoms with Crippen LogP contribution in [0.25, 0.3) is 6.08 Å². The van der Waals surface area contributed by atoms with Crippen molar-refractivity contribution in [2.75, 3.05) is 6.61 Å². The first-order valence-corrected chi connectivity index (χ1v) is 10.7. The molecule has 2 unspecified atom stereocenters. The number of β-lactam (4-membered cyclic amide) rings is 1. The van der Waals surface area contributed by atoms with Crippen LogP contribution in [0.2, 0.25) is 0 Å². The minimum Gasteiger partial charge on any atom is -0.480 e. The van der Waals surface area contributed by atoms with Crippen LogP contribution in [0.1, 0.15) is 31.0 Å². The summed E-state index contributed by atoms with van der Waals surface area (Å²) < 4.78 is 5.32. The van der Waals surface area contributed by atoms with Gasteiger partial charge in [0.25, 0.3) is 0 Å². The average Bonchev–Trinajstić information content (AvgIpc) is 3.15. The summed E-state index contributed by atoms with van der Waals surface area (Å²) in [6.07, 6.45) is 3.11. The van der Waals surface area contributed by atoms with Crippen LogP contribution in [0.3, 0.4) is 0 Å². The van der Waals surface area contributed by atoms with Gasteiger partial charge in [0.05, 0.1) is 12.1 Å². The third kappa shape index (κ3) is 3.86. The van der Waals surface area contributed by atoms with E-state index in [1.54, 1.807) is 13.8 Å². The van der Waals surface area contributed by atoms with Gasteiger partial charge in [-0.3, -0.25) is 9.69 Å². The predicted molar refractivity (Wildman–Crippen MR) is 119 cm³/mol. The summed E-state index contributed by atoms with van der Waals surface area (Å²) in [6.45, 7) is 3.69. The zero-order valence-corrected chi connectivity index (χ0v) is 18.0. The Morgan fingerprint density at radius 3 is 2.28 bits per heavy atom. The summed E-state index contributed by atoms with van der Waals surface area (Å²) in [6, 6.07) is 16.2. The maximum Gasteiger partial charge on any atom is 0.411 e. The van der Waals surface area contributed by atoms with Crippen molar-refractivity contribution >= 4 is 24.0 Å². The number of carbonyl (C=O) groups excluding carboxylic acids is 2. The molecule has 32 heavy (non-hydrogen) atoms. The van der Waals surface area contributed by atoms with Crippen LogP contribution in [0.5, 0.6) is 0 Å². The fourth-order valence-electron chi connectivity index (χ4n) is 4.49. The van der Waals surface area contributed by atoms with E-state index in [0.717, 1.165) is 11.1 Å². The molecule has 4 rings (SSSR count). The minimum atomic E-state index is -1.06. The van der Waals surface area contributed by atoms with Gasteiger partial charge in [-0.2, -0.15) is 0 Å². The average molecular weight is 434 g/mol. The topological polar surface area (TPSA) is 87.2 Å². The number of carbonyl (C=O) groups is 3. The van der Waals surface area contributed by atoms with Gasteiger partial charge < -0.3 is 14.7 Å². The lowest BCUT2D eigenvalue weighted by Crippen LogP contribution is -2.74. The van der Waals surface area contributed by atoms with Crippen LogP contribution in [0, 0.1) is 5.92 Å². The summed E-state index contributed by atoms with van der Waals surface area (Å²) in [5.41, 5.74) is 1.79. The first-order valence-electron chi connectivity index (χ1n) is 10.7. The number of hydrogen-bond donors (Lipinski definition) is 1. The molecular formula is C25H26N2O5. The maximum absolute atomic E-state index is 13.3. The van der Waals surface area contributed by atoms with Crippen LogP contribution in [-0.4, -0.2) is 57.6 Å². The van der Waals surface area contributed by atoms with Crippen molar-refractivity contribution in [3.05, 3.63) is 77.9 Å². The molecule has 166 valence electrons. The lowest BCUT2D eigenvalue weighted by molar-refractivity contribution is -0.170. The van der Waals surface area contributed by atoms with Crippen LogP contribution in [0.15, 0.2) is 66.7 Å². The number of carboxylic acid groups (broad SMARTS) is 1. The number of carboxylic acids is 1. The molecule has 0 saturated carbocycles. The quantitative estimate of drug-likeness (QED) is 0.673. The Labute approximate surface area is 186 Å². The Balaban J connectivity index is 1.70. The van der Waals surface area contributed by atoms with Crippen LogP contribution in [0.4, 0.5) is 4.79 Å². The molecule has 2 aliphatic heterocycles. The van der Waals surface area contributed by atoms with Gasteiger partial charge in [0.15, 0.2) is 0 Å². The van der Waals surface area contributed by atoms with E-state index in [-0.39, 0.29) is 18.4 Å². The fourth-order valence-corrected chi connectivity index (χ4v) is 4.49. The summed E-state index contributed by atoms with van der Waals surface area (Å²) in [7, 11) is 0. The number of aliphatic carboxylic acids is 1. The summed E-state index contributed by atoms with van der Waals surface area (Å²) in [5.74, 6) is -1.73. The molecule has 2 saturated heterocycles. The summed E-state index contributed by atoms with van der Waals surface area (Å²) in [5, 5.41) is 9.81. The Kier molecular flexibility index (Phi) is 5.99. The highest BCUT2D eigenvalue weighted by Gasteiger charge is 2.58. The molecule has 4 atom stereocenters. The summed E-state index contributed by atoms with van der Waals surface area (Å²) >= 11 is 0. The number of likely N-dealkylation sites (tertiary alicyclic amines) is 1. The van der Waals surface area contributed by atoms with Crippen molar-refractivity contribution in [1.82, 2.24) is 9.80 Å². The molecule has 0 bridgehead atoms. The predicted octanol–water partition coefficient (Wildman–Crippen LogP) is 3.58. The van der Waals surface area contributed by atoms with E-state index in [1.807, 2.05) is 72.8 Å². The van der Waals surface area contributed by atoms with Crippen LogP contribution < -0.4 is 0 Å². The lowest BCUT2D eigenvalue weighted by atomic mass is 9.86. The first-order chi connectivity index (χ1) is 15.4. The largest absolute Gasteiger partial charge is 0.480 e. The number of nitrogens with zero attached hydrogens (tertiary/aromatic N) is 2. The van der Waals surface area contributed by atoms with Gasteiger partial charge in [-0.15, -0.1) is 0 Å². The van der Waals surface area contributed by atoms with Gasteiger partial charge in [-0.25, -0.2) is 9.59 Å². The van der Waals surface area contributed by atoms with Gasteiger partial charge in [0.2, 0.25) is 5.91 Å². The number of benzene rings is 2. The summed E-state index contributed by atoms with van der Waals surface area (Å²) in [4.78, 5) is 40.9. The zero-order chi connectivity index (χ0) is 22.8. The Morgan fingerprint density at radius 2 is 1.69 bits per heavy atom. The molecule has 2 aromatic rings. The number of cyclic esters (lactones) is 1. The molecular weight excluding hydrogens is 408 g/mol. The Hall–Kier alpha value is -3.61. The number of amides is 2. The van der Waals surface area contributed by atoms with E-state index in [1.165, 1.54) is 9.80 Å². The van der Waals surface area contributed by atoms with Gasteiger partial charge in [0.1, 0.15) is 18.7 Å². The highest BCUT2D eigenvalue weighted by Crippen LogP contribution is 2.39. The van der Waals surface area contributed by atoms with Gasteiger partial charge in [0, 0.05) is 0 Å². The minimum absolute atomic E-state index is 0.147. The molecule has 0 radical (unpaired) electrons. The number of hydrogen-bond acceptors (Lipinski definition) is 4. The highest BCUT2D eigenvalue weighted by molar-refractivity contribution is 5.97. The monoisotopic (exact) mass is 434 g/mol. The molecule has 0 aliphatic carbocycles. The maximum atomic E-state index is 13.3. The molecule has 2 aliphatic rings. The van der Waals surface area contributed by atoms with Crippen LogP contribution >= 0.6 is 0 Å². The molecule has 2 aromatic carbocycles. The molecule has 0 spiro atoms. The normalized spacial score (nSPS) is 24.0. The third-order valence-electron chi connectivity index (χ3n) is 6.02. The SMILES string of the molecule is CC(C)C(C(=O)O)N1C(=O)[C@@H](N2C(=O)OC[C@@H]2c2ccccc2)C1C=Cc1ccccc1. The molecule has 7 nitrogen and oxygen atoms in total. The van der Waals surface area contributed by atoms with Crippen LogP contribution in [-0.2, 0) is 14.3 Å². The number of ether oxygens (including phenoxy) is 1. The molecule has 1 N–H and O–H groups in total. The van der Waals surface area contributed by atoms with Crippen molar-refractivity contribution in [2.24, 2.45) is 5.92 Å². The molecule has 0 aromatic heterocycles. The van der Waals surface area contributed by atoms with E-state index < -0.39 is 36.2 Å². The lowest BCUT2D eigenvalue weighted by Gasteiger charge is -2.52. The van der Waals surface area contributed by atoms with Gasteiger partial charge in [-0.1, -0.05) is 86.7 Å². The number of rotatable bonds is 7. The second kappa shape index (κ2) is 8.86. The fraction of sp³-hybridized carbons (Fsp3) is 0.320. The smallest absolute Gasteiger partial charge is 0.411 e. The van der Waals surface area contributed by atoms with Crippen molar-refractivity contribution in [2.45, 2.75) is 38.0 Å². The molecule has 7 heteroatoms. The van der Waals surface area contributed by atoms with Crippen molar-refractivity contribution < 1.29 is 24.2 Å². The Morgan fingerprint density at radius 1 is 1.06 bits per heavy atom. The Bertz CT molecular complexity index is 1020. The molecule has 2 heterocycles. The van der Waals surface area contributed by atoms with Gasteiger partial charge in [-0.05, 0) is 17.0 Å². The molecule has 2 amide bonds. The van der Waals surface area contributed by atoms with E-state index in [9.17, 15) is 19.5 Å². The van der Waals surface area contributed by atoms with E-state index in [0.29, 0.717) is 0 Å². The zero-order valence-electron chi connectivity index (χ0n) is 18.0. The van der Waals surface area contributed by atoms with E-state index in [4.69, 9.17) is 4.74 Å². The van der Waals surface area contributed by atoms with Gasteiger partial charge >= 0.3 is 12.1 Å². The third-order valence-corrected chi connectivity index (χ3v) is 6.02. The van der Waals surface area contributed by atoms with E-state index >= 15 is 0 Å². The highest BCUT2D eigenvalue weighted by atomic mass is 16.6. The van der Waals surface area contributed by atoms with E-state index in [2.05, 4.69) is 0 Å². The van der Waals surface area contributed by atoms with Crippen molar-refractivity contribution in [3.8, 4) is 0 Å². The van der Waals surface area contributed by atoms with Crippen molar-refractivity contribution in [3.63, 3.8) is 0 Å². The van der Waals surface area contributed by atoms with Crippen molar-refractivity contribution in [1.29, 1.82) is 0 Å².